The van der Waals surface area contributed by atoms with E-state index in [0.717, 1.165) is 11.3 Å². The van der Waals surface area contributed by atoms with Crippen LogP contribution in [0.4, 0.5) is 0 Å². The van der Waals surface area contributed by atoms with Crippen LogP contribution in [0.3, 0.4) is 0 Å². The number of fused-ring (bicyclic) bond motifs is 1. The molecule has 0 unspecified atom stereocenters. The van der Waals surface area contributed by atoms with Crippen LogP contribution in [0.5, 0.6) is 5.75 Å². The number of hydrogen-bond donors (Lipinski definition) is 1. The van der Waals surface area contributed by atoms with Crippen molar-refractivity contribution >= 4 is 5.65 Å². The molecule has 0 saturated carbocycles. The molecule has 68 valence electrons. The largest absolute Gasteiger partial charge is 0.495 e. The van der Waals surface area contributed by atoms with Crippen LogP contribution in [0.15, 0.2) is 24.5 Å². The zero-order chi connectivity index (χ0) is 9.26. The average Bonchev–Trinajstić information content (AvgIpc) is 2.63. The maximum Gasteiger partial charge on any atom is 0.141 e. The highest BCUT2D eigenvalue weighted by atomic mass is 16.5. The summed E-state index contributed by atoms with van der Waals surface area (Å²) in [6.45, 7) is -0.0587. The third kappa shape index (κ3) is 1.15. The van der Waals surface area contributed by atoms with E-state index in [1.54, 1.807) is 30.0 Å². The highest BCUT2D eigenvalue weighted by molar-refractivity contribution is 5.45. The predicted molar refractivity (Wildman–Crippen MR) is 47.7 cm³/mol. The van der Waals surface area contributed by atoms with Gasteiger partial charge in [-0.3, -0.25) is 4.40 Å². The van der Waals surface area contributed by atoms with E-state index in [4.69, 9.17) is 9.84 Å². The van der Waals surface area contributed by atoms with E-state index in [2.05, 4.69) is 4.98 Å². The number of aliphatic hydroxyl groups is 1. The summed E-state index contributed by atoms with van der Waals surface area (Å²) in [6.07, 6.45) is 3.48. The first kappa shape index (κ1) is 8.07. The molecule has 0 bridgehead atoms. The number of nitrogens with zero attached hydrogens (tertiary/aromatic N) is 2. The molecule has 2 heterocycles. The molecule has 0 amide bonds. The van der Waals surface area contributed by atoms with Gasteiger partial charge in [0.15, 0.2) is 0 Å². The van der Waals surface area contributed by atoms with Gasteiger partial charge in [0.05, 0.1) is 19.4 Å². The second kappa shape index (κ2) is 3.06. The molecule has 2 aromatic rings. The number of hydrogen-bond acceptors (Lipinski definition) is 3. The first-order chi connectivity index (χ1) is 6.36. The maximum absolute atomic E-state index is 9.14. The van der Waals surface area contributed by atoms with Crippen LogP contribution in [0.25, 0.3) is 5.65 Å². The van der Waals surface area contributed by atoms with Crippen molar-refractivity contribution in [3.63, 3.8) is 0 Å². The number of imidazole rings is 1. The summed E-state index contributed by atoms with van der Waals surface area (Å²) in [6, 6.07) is 3.64. The molecule has 0 aliphatic rings. The van der Waals surface area contributed by atoms with E-state index in [-0.39, 0.29) is 6.61 Å². The molecule has 0 saturated heterocycles. The van der Waals surface area contributed by atoms with E-state index in [0.29, 0.717) is 5.75 Å². The third-order valence-corrected chi connectivity index (χ3v) is 2.00. The number of ether oxygens (including phenoxy) is 1. The van der Waals surface area contributed by atoms with Gasteiger partial charge in [0.2, 0.25) is 0 Å². The van der Waals surface area contributed by atoms with E-state index in [1.807, 2.05) is 6.07 Å². The van der Waals surface area contributed by atoms with Crippen molar-refractivity contribution in [1.29, 1.82) is 0 Å². The molecule has 0 aliphatic heterocycles. The first-order valence-corrected chi connectivity index (χ1v) is 3.96. The highest BCUT2D eigenvalue weighted by Crippen LogP contribution is 2.19. The van der Waals surface area contributed by atoms with Gasteiger partial charge in [-0.05, 0) is 12.1 Å². The lowest BCUT2D eigenvalue weighted by atomic mass is 10.3. The summed E-state index contributed by atoms with van der Waals surface area (Å²) in [4.78, 5) is 4.10. The molecule has 0 atom stereocenters. The first-order valence-electron chi connectivity index (χ1n) is 3.96. The molecule has 1 N–H and O–H groups in total. The van der Waals surface area contributed by atoms with Crippen LogP contribution in [0.2, 0.25) is 0 Å². The number of methoxy groups -OCH3 is 1. The normalized spacial score (nSPS) is 10.6. The average molecular weight is 178 g/mol. The second-order valence-electron chi connectivity index (χ2n) is 2.66. The SMILES string of the molecule is COc1ccc2nccn2c1CO. The van der Waals surface area contributed by atoms with Crippen LogP contribution >= 0.6 is 0 Å². The fourth-order valence-electron chi connectivity index (χ4n) is 1.37. The summed E-state index contributed by atoms with van der Waals surface area (Å²) in [7, 11) is 1.58. The van der Waals surface area contributed by atoms with Crippen LogP contribution in [0, 0.1) is 0 Å². The summed E-state index contributed by atoms with van der Waals surface area (Å²) < 4.78 is 6.91. The van der Waals surface area contributed by atoms with Gasteiger partial charge >= 0.3 is 0 Å². The molecule has 13 heavy (non-hydrogen) atoms. The lowest BCUT2D eigenvalue weighted by molar-refractivity contribution is 0.266. The number of rotatable bonds is 2. The van der Waals surface area contributed by atoms with Crippen LogP contribution in [-0.4, -0.2) is 21.6 Å². The topological polar surface area (TPSA) is 46.8 Å². The second-order valence-corrected chi connectivity index (χ2v) is 2.66. The van der Waals surface area contributed by atoms with Crippen molar-refractivity contribution in [2.24, 2.45) is 0 Å². The van der Waals surface area contributed by atoms with Crippen molar-refractivity contribution in [1.82, 2.24) is 9.38 Å². The number of aliphatic hydroxyl groups excluding tert-OH is 1. The van der Waals surface area contributed by atoms with E-state index in [9.17, 15) is 0 Å². The Morgan fingerprint density at radius 3 is 3.08 bits per heavy atom. The van der Waals surface area contributed by atoms with Crippen molar-refractivity contribution in [2.75, 3.05) is 7.11 Å². The van der Waals surface area contributed by atoms with Crippen molar-refractivity contribution in [2.45, 2.75) is 6.61 Å². The van der Waals surface area contributed by atoms with Crippen molar-refractivity contribution in [3.05, 3.63) is 30.2 Å². The Labute approximate surface area is 75.4 Å². The van der Waals surface area contributed by atoms with Gasteiger partial charge in [0, 0.05) is 12.4 Å². The number of pyridine rings is 1. The zero-order valence-corrected chi connectivity index (χ0v) is 7.27. The standard InChI is InChI=1S/C9H10N2O2/c1-13-8-2-3-9-10-4-5-11(9)7(8)6-12/h2-5,12H,6H2,1H3. The Bertz CT molecular complexity index is 422. The minimum Gasteiger partial charge on any atom is -0.495 e. The zero-order valence-electron chi connectivity index (χ0n) is 7.27. The van der Waals surface area contributed by atoms with Gasteiger partial charge in [-0.2, -0.15) is 0 Å². The fourth-order valence-corrected chi connectivity index (χ4v) is 1.37. The van der Waals surface area contributed by atoms with Gasteiger partial charge in [0.25, 0.3) is 0 Å². The Kier molecular flexibility index (Phi) is 1.90. The van der Waals surface area contributed by atoms with Gasteiger partial charge in [-0.15, -0.1) is 0 Å². The van der Waals surface area contributed by atoms with E-state index in [1.165, 1.54) is 0 Å². The van der Waals surface area contributed by atoms with E-state index < -0.39 is 0 Å². The molecule has 4 heteroatoms. The summed E-state index contributed by atoms with van der Waals surface area (Å²) in [5.74, 6) is 0.674. The summed E-state index contributed by atoms with van der Waals surface area (Å²) in [5.41, 5.74) is 1.53. The Morgan fingerprint density at radius 1 is 1.54 bits per heavy atom. The third-order valence-electron chi connectivity index (χ3n) is 2.00. The van der Waals surface area contributed by atoms with E-state index >= 15 is 0 Å². The highest BCUT2D eigenvalue weighted by Gasteiger charge is 2.06. The fraction of sp³-hybridized carbons (Fsp3) is 0.222. The van der Waals surface area contributed by atoms with Crippen LogP contribution < -0.4 is 4.74 Å². The van der Waals surface area contributed by atoms with Crippen molar-refractivity contribution in [3.8, 4) is 5.75 Å². The Balaban J connectivity index is 2.74. The van der Waals surface area contributed by atoms with Crippen LogP contribution in [0.1, 0.15) is 5.69 Å². The molecule has 0 spiro atoms. The van der Waals surface area contributed by atoms with Gasteiger partial charge in [-0.1, -0.05) is 0 Å². The quantitative estimate of drug-likeness (QED) is 0.741. The van der Waals surface area contributed by atoms with Gasteiger partial charge in [-0.25, -0.2) is 4.98 Å². The molecule has 0 fully saturated rings. The molecule has 2 rings (SSSR count). The lowest BCUT2D eigenvalue weighted by Gasteiger charge is -2.07. The minimum atomic E-state index is -0.0587. The van der Waals surface area contributed by atoms with Gasteiger partial charge in [0.1, 0.15) is 11.4 Å². The molecule has 2 aromatic heterocycles. The maximum atomic E-state index is 9.14. The predicted octanol–water partition coefficient (Wildman–Crippen LogP) is 0.835. The monoisotopic (exact) mass is 178 g/mol. The summed E-state index contributed by atoms with van der Waals surface area (Å²) >= 11 is 0. The molecule has 4 nitrogen and oxygen atoms in total. The number of aromatic nitrogens is 2. The van der Waals surface area contributed by atoms with Crippen molar-refractivity contribution < 1.29 is 9.84 Å². The summed E-state index contributed by atoms with van der Waals surface area (Å²) in [5, 5.41) is 9.14. The minimum absolute atomic E-state index is 0.0587. The molecule has 0 aliphatic carbocycles. The Morgan fingerprint density at radius 2 is 2.38 bits per heavy atom. The Hall–Kier alpha value is -1.55. The van der Waals surface area contributed by atoms with Crippen LogP contribution in [-0.2, 0) is 6.61 Å². The molecular weight excluding hydrogens is 168 g/mol. The molecule has 0 aromatic carbocycles. The lowest BCUT2D eigenvalue weighted by Crippen LogP contribution is -1.99. The molecule has 0 radical (unpaired) electrons. The smallest absolute Gasteiger partial charge is 0.141 e. The molecular formula is C9H10N2O2. The van der Waals surface area contributed by atoms with Gasteiger partial charge < -0.3 is 9.84 Å².